The van der Waals surface area contributed by atoms with Crippen molar-refractivity contribution in [1.29, 1.82) is 0 Å². The van der Waals surface area contributed by atoms with Crippen LogP contribution in [0.1, 0.15) is 5.56 Å². The zero-order valence-electron chi connectivity index (χ0n) is 9.19. The van der Waals surface area contributed by atoms with Gasteiger partial charge >= 0.3 is 12.3 Å². The third kappa shape index (κ3) is 3.03. The molecule has 0 spiro atoms. The summed E-state index contributed by atoms with van der Waals surface area (Å²) in [5.74, 6) is -3.98. The smallest absolute Gasteiger partial charge is 0.204 e. The minimum absolute atomic E-state index is 0. The number of rotatable bonds is 3. The van der Waals surface area contributed by atoms with Crippen LogP contribution in [0.2, 0.25) is 0 Å². The molecule has 0 bridgehead atoms. The van der Waals surface area contributed by atoms with Crippen molar-refractivity contribution in [3.05, 3.63) is 48.0 Å². The van der Waals surface area contributed by atoms with Gasteiger partial charge < -0.3 is 0 Å². The molecule has 18 heavy (non-hydrogen) atoms. The largest absolute Gasteiger partial charge is 0.311 e. The van der Waals surface area contributed by atoms with Crippen LogP contribution in [0.5, 0.6) is 0 Å². The Balaban J connectivity index is 0.00000162. The minimum Gasteiger partial charge on any atom is -0.204 e. The topological polar surface area (TPSA) is 0 Å². The predicted molar refractivity (Wildman–Crippen MR) is 58.6 cm³/mol. The Hall–Kier alpha value is -1.06. The first-order chi connectivity index (χ1) is 8.00. The van der Waals surface area contributed by atoms with Gasteiger partial charge in [-0.3, -0.25) is 0 Å². The third-order valence-electron chi connectivity index (χ3n) is 2.63. The summed E-state index contributed by atoms with van der Waals surface area (Å²) in [4.78, 5) is 0. The molecule has 2 aromatic carbocycles. The molecule has 0 aliphatic rings. The fourth-order valence-corrected chi connectivity index (χ4v) is 1.78. The first-order valence-corrected chi connectivity index (χ1v) is 5.13. The van der Waals surface area contributed by atoms with Gasteiger partial charge in [-0.25, -0.2) is 8.78 Å². The van der Waals surface area contributed by atoms with Gasteiger partial charge in [0, 0.05) is 23.5 Å². The van der Waals surface area contributed by atoms with Crippen LogP contribution in [-0.4, -0.2) is 12.3 Å². The van der Waals surface area contributed by atoms with Crippen molar-refractivity contribution < 1.29 is 34.6 Å². The van der Waals surface area contributed by atoms with E-state index in [4.69, 9.17) is 0 Å². The third-order valence-corrected chi connectivity index (χ3v) is 2.63. The van der Waals surface area contributed by atoms with Crippen molar-refractivity contribution in [3.63, 3.8) is 0 Å². The number of halogens is 4. The van der Waals surface area contributed by atoms with Gasteiger partial charge in [-0.2, -0.15) is 8.78 Å². The van der Waals surface area contributed by atoms with Gasteiger partial charge in [0.1, 0.15) is 0 Å². The van der Waals surface area contributed by atoms with E-state index >= 15 is 0 Å². The summed E-state index contributed by atoms with van der Waals surface area (Å²) in [6, 6.07) is 11.7. The SMILES string of the molecule is FC(F)C(F)(F)Cc1cccc2ccccc12.[Fe]. The molecule has 0 heterocycles. The van der Waals surface area contributed by atoms with Gasteiger partial charge in [0.25, 0.3) is 0 Å². The van der Waals surface area contributed by atoms with Crippen molar-refractivity contribution in [1.82, 2.24) is 0 Å². The van der Waals surface area contributed by atoms with Gasteiger partial charge in [-0.05, 0) is 16.3 Å². The molecular weight excluding hydrogens is 288 g/mol. The molecule has 2 aromatic rings. The van der Waals surface area contributed by atoms with Crippen molar-refractivity contribution in [2.45, 2.75) is 18.8 Å². The second kappa shape index (κ2) is 5.72. The molecule has 0 radical (unpaired) electrons. The van der Waals surface area contributed by atoms with Crippen molar-refractivity contribution >= 4 is 10.8 Å². The molecule has 0 aliphatic heterocycles. The Bertz CT molecular complexity index is 520. The molecule has 0 N–H and O–H groups in total. The molecule has 0 saturated carbocycles. The van der Waals surface area contributed by atoms with Gasteiger partial charge in [0.05, 0.1) is 0 Å². The molecule has 0 saturated heterocycles. The Morgan fingerprint density at radius 3 is 2.22 bits per heavy atom. The van der Waals surface area contributed by atoms with Crippen molar-refractivity contribution in [2.24, 2.45) is 0 Å². The monoisotopic (exact) mass is 298 g/mol. The molecule has 98 valence electrons. The van der Waals surface area contributed by atoms with E-state index in [1.54, 1.807) is 36.4 Å². The summed E-state index contributed by atoms with van der Waals surface area (Å²) < 4.78 is 50.3. The number of hydrogen-bond donors (Lipinski definition) is 0. The zero-order chi connectivity index (χ0) is 12.5. The van der Waals surface area contributed by atoms with E-state index in [0.717, 1.165) is 5.39 Å². The number of hydrogen-bond acceptors (Lipinski definition) is 0. The Morgan fingerprint density at radius 1 is 0.944 bits per heavy atom. The quantitative estimate of drug-likeness (QED) is 0.586. The fraction of sp³-hybridized carbons (Fsp3) is 0.231. The molecule has 5 heteroatoms. The van der Waals surface area contributed by atoms with Crippen LogP contribution in [-0.2, 0) is 23.5 Å². The standard InChI is InChI=1S/C13H10F4.Fe/c14-12(15)13(16,17)8-10-6-3-5-9-4-1-2-7-11(9)10;/h1-7,12H,8H2;. The molecule has 0 nitrogen and oxygen atoms in total. The molecule has 0 amide bonds. The zero-order valence-corrected chi connectivity index (χ0v) is 10.3. The Labute approximate surface area is 112 Å². The normalized spacial score (nSPS) is 11.6. The second-order valence-electron chi connectivity index (χ2n) is 3.88. The van der Waals surface area contributed by atoms with Gasteiger partial charge in [0.2, 0.25) is 0 Å². The summed E-state index contributed by atoms with van der Waals surface area (Å²) in [5.41, 5.74) is 0.244. The average Bonchev–Trinajstić information content (AvgIpc) is 2.29. The van der Waals surface area contributed by atoms with Crippen molar-refractivity contribution in [2.75, 3.05) is 0 Å². The summed E-state index contributed by atoms with van der Waals surface area (Å²) in [7, 11) is 0. The first kappa shape index (κ1) is 15.0. The van der Waals surface area contributed by atoms with Crippen molar-refractivity contribution in [3.8, 4) is 0 Å². The van der Waals surface area contributed by atoms with Gasteiger partial charge in [-0.1, -0.05) is 42.5 Å². The summed E-state index contributed by atoms with van der Waals surface area (Å²) in [5, 5.41) is 1.37. The summed E-state index contributed by atoms with van der Waals surface area (Å²) in [6.45, 7) is 0. The van der Waals surface area contributed by atoms with Crippen LogP contribution >= 0.6 is 0 Å². The first-order valence-electron chi connectivity index (χ1n) is 5.13. The van der Waals surface area contributed by atoms with Crippen LogP contribution < -0.4 is 0 Å². The number of benzene rings is 2. The maximum Gasteiger partial charge on any atom is 0.311 e. The van der Waals surface area contributed by atoms with Crippen LogP contribution in [0.15, 0.2) is 42.5 Å². The Kier molecular flexibility index (Phi) is 4.77. The summed E-state index contributed by atoms with van der Waals surface area (Å²) >= 11 is 0. The van der Waals surface area contributed by atoms with Gasteiger partial charge in [-0.15, -0.1) is 0 Å². The number of fused-ring (bicyclic) bond motifs is 1. The van der Waals surface area contributed by atoms with Crippen LogP contribution in [0.25, 0.3) is 10.8 Å². The maximum absolute atomic E-state index is 13.0. The van der Waals surface area contributed by atoms with E-state index in [1.807, 2.05) is 0 Å². The van der Waals surface area contributed by atoms with Crippen LogP contribution in [0.4, 0.5) is 17.6 Å². The average molecular weight is 298 g/mol. The molecule has 0 aliphatic carbocycles. The van der Waals surface area contributed by atoms with E-state index in [1.165, 1.54) is 6.07 Å². The van der Waals surface area contributed by atoms with E-state index in [0.29, 0.717) is 5.39 Å². The minimum atomic E-state index is -3.98. The molecule has 0 unspecified atom stereocenters. The second-order valence-corrected chi connectivity index (χ2v) is 3.88. The van der Waals surface area contributed by atoms with E-state index in [2.05, 4.69) is 0 Å². The molecular formula is C13H10F4Fe. The van der Waals surface area contributed by atoms with E-state index in [9.17, 15) is 17.6 Å². The fourth-order valence-electron chi connectivity index (χ4n) is 1.78. The predicted octanol–water partition coefficient (Wildman–Crippen LogP) is 4.28. The maximum atomic E-state index is 13.0. The summed E-state index contributed by atoms with van der Waals surface area (Å²) in [6.07, 6.45) is -4.58. The molecule has 0 atom stereocenters. The number of alkyl halides is 4. The Morgan fingerprint density at radius 2 is 1.56 bits per heavy atom. The van der Waals surface area contributed by atoms with E-state index < -0.39 is 18.8 Å². The molecule has 0 fully saturated rings. The van der Waals surface area contributed by atoms with Crippen LogP contribution in [0, 0.1) is 0 Å². The van der Waals surface area contributed by atoms with E-state index in [-0.39, 0.29) is 22.6 Å². The molecule has 0 aromatic heterocycles. The molecule has 2 rings (SSSR count). The van der Waals surface area contributed by atoms with Crippen LogP contribution in [0.3, 0.4) is 0 Å². The van der Waals surface area contributed by atoms with Gasteiger partial charge in [0.15, 0.2) is 0 Å².